The second kappa shape index (κ2) is 8.05. The van der Waals surface area contributed by atoms with E-state index in [0.717, 1.165) is 12.8 Å². The zero-order valence-corrected chi connectivity index (χ0v) is 7.25. The van der Waals surface area contributed by atoms with Gasteiger partial charge in [0.25, 0.3) is 0 Å². The molecule has 0 aliphatic heterocycles. The normalized spacial score (nSPS) is 8.50. The van der Waals surface area contributed by atoms with Gasteiger partial charge >= 0.3 is 5.97 Å². The lowest BCUT2D eigenvalue weighted by Gasteiger charge is -1.94. The van der Waals surface area contributed by atoms with Crippen LogP contribution in [0.3, 0.4) is 0 Å². The average Bonchev–Trinajstić information content (AvgIpc) is 2.09. The minimum atomic E-state index is -0.462. The highest BCUT2D eigenvalue weighted by molar-refractivity contribution is 5.81. The van der Waals surface area contributed by atoms with Gasteiger partial charge in [0.1, 0.15) is 6.61 Å². The molecule has 0 aromatic carbocycles. The summed E-state index contributed by atoms with van der Waals surface area (Å²) in [5.74, 6) is -0.462. The molecular weight excluding hydrogens is 156 g/mol. The molecule has 0 aliphatic rings. The van der Waals surface area contributed by atoms with Crippen molar-refractivity contribution in [3.63, 3.8) is 0 Å². The number of hydrogen-bond acceptors (Lipinski definition) is 3. The van der Waals surface area contributed by atoms with Gasteiger partial charge in [0, 0.05) is 0 Å². The quantitative estimate of drug-likeness (QED) is 0.381. The molecule has 3 heteroatoms. The summed E-state index contributed by atoms with van der Waals surface area (Å²) in [5, 5.41) is 8.31. The monoisotopic (exact) mass is 170 g/mol. The average molecular weight is 170 g/mol. The molecule has 0 bridgehead atoms. The van der Waals surface area contributed by atoms with E-state index in [4.69, 9.17) is 5.11 Å². The van der Waals surface area contributed by atoms with Crippen LogP contribution in [0.2, 0.25) is 0 Å². The summed E-state index contributed by atoms with van der Waals surface area (Å²) in [6.07, 6.45) is 4.95. The maximum atomic E-state index is 10.7. The molecule has 0 unspecified atom stereocenters. The summed E-state index contributed by atoms with van der Waals surface area (Å²) < 4.78 is 4.54. The predicted octanol–water partition coefficient (Wildman–Crippen LogP) is 1.03. The molecule has 0 saturated heterocycles. The van der Waals surface area contributed by atoms with Gasteiger partial charge in [0.2, 0.25) is 0 Å². The highest BCUT2D eigenvalue weighted by atomic mass is 16.5. The molecule has 0 amide bonds. The first-order chi connectivity index (χ1) is 5.81. The van der Waals surface area contributed by atoms with Crippen molar-refractivity contribution in [1.29, 1.82) is 0 Å². The van der Waals surface area contributed by atoms with Crippen LogP contribution in [0.25, 0.3) is 0 Å². The number of unbranched alkanes of at least 4 members (excludes halogenated alkanes) is 1. The molecule has 0 aromatic rings. The Morgan fingerprint density at radius 3 is 3.00 bits per heavy atom. The summed E-state index contributed by atoms with van der Waals surface area (Å²) in [6.45, 7) is 1.95. The van der Waals surface area contributed by atoms with Crippen molar-refractivity contribution < 1.29 is 14.6 Å². The van der Waals surface area contributed by atoms with Gasteiger partial charge in [-0.25, -0.2) is 4.79 Å². The van der Waals surface area contributed by atoms with E-state index in [1.54, 1.807) is 6.08 Å². The Balaban J connectivity index is 3.59. The molecule has 12 heavy (non-hydrogen) atoms. The molecule has 0 rings (SSSR count). The van der Waals surface area contributed by atoms with Gasteiger partial charge in [0.15, 0.2) is 0 Å². The van der Waals surface area contributed by atoms with Crippen LogP contribution in [-0.4, -0.2) is 24.3 Å². The van der Waals surface area contributed by atoms with Crippen LogP contribution in [0.15, 0.2) is 17.9 Å². The number of ether oxygens (including phenoxy) is 1. The maximum absolute atomic E-state index is 10.7. The van der Waals surface area contributed by atoms with Crippen LogP contribution in [0, 0.1) is 0 Å². The largest absolute Gasteiger partial charge is 0.460 e. The second-order valence-corrected chi connectivity index (χ2v) is 2.19. The third kappa shape index (κ3) is 7.06. The third-order valence-electron chi connectivity index (χ3n) is 1.09. The summed E-state index contributed by atoms with van der Waals surface area (Å²) in [7, 11) is 0. The molecule has 68 valence electrons. The molecule has 0 aromatic heterocycles. The topological polar surface area (TPSA) is 46.5 Å². The van der Waals surface area contributed by atoms with Crippen molar-refractivity contribution in [1.82, 2.24) is 0 Å². The summed E-state index contributed by atoms with van der Waals surface area (Å²) in [6, 6.07) is 0. The molecular formula is C9H14O3. The van der Waals surface area contributed by atoms with Crippen LogP contribution in [0.1, 0.15) is 19.8 Å². The highest BCUT2D eigenvalue weighted by Gasteiger charge is 1.92. The van der Waals surface area contributed by atoms with Crippen molar-refractivity contribution in [2.75, 3.05) is 13.2 Å². The summed E-state index contributed by atoms with van der Waals surface area (Å²) in [4.78, 5) is 10.7. The fraction of sp³-hybridized carbons (Fsp3) is 0.556. The number of aliphatic hydroxyl groups excluding tert-OH is 1. The van der Waals surface area contributed by atoms with Gasteiger partial charge in [-0.05, 0) is 12.5 Å². The lowest BCUT2D eigenvalue weighted by Crippen LogP contribution is -2.04. The molecule has 0 aliphatic carbocycles. The third-order valence-corrected chi connectivity index (χ3v) is 1.09. The summed E-state index contributed by atoms with van der Waals surface area (Å²) in [5.41, 5.74) is 2.69. The fourth-order valence-corrected chi connectivity index (χ4v) is 0.543. The Morgan fingerprint density at radius 2 is 2.42 bits per heavy atom. The van der Waals surface area contributed by atoms with E-state index in [1.807, 2.05) is 6.92 Å². The molecule has 0 atom stereocenters. The lowest BCUT2D eigenvalue weighted by molar-refractivity contribution is -0.138. The molecule has 0 saturated carbocycles. The van der Waals surface area contributed by atoms with Crippen LogP contribution < -0.4 is 0 Å². The standard InChI is InChI=1S/C9H14O3/c1-2-3-4-5-6-9(11)12-8-7-10/h4,6,10H,2-3,7-8H2,1H3. The van der Waals surface area contributed by atoms with E-state index in [2.05, 4.69) is 10.5 Å². The lowest BCUT2D eigenvalue weighted by atomic mass is 10.3. The van der Waals surface area contributed by atoms with E-state index < -0.39 is 5.97 Å². The molecule has 1 N–H and O–H groups in total. The Hall–Kier alpha value is -1.05. The SMILES string of the molecule is CCCC=C=CC(=O)OCCO. The molecule has 0 fully saturated rings. The zero-order valence-electron chi connectivity index (χ0n) is 7.25. The van der Waals surface area contributed by atoms with Crippen LogP contribution in [0.4, 0.5) is 0 Å². The highest BCUT2D eigenvalue weighted by Crippen LogP contribution is 1.86. The number of carbonyl (C=O) groups excluding carboxylic acids is 1. The predicted molar refractivity (Wildman–Crippen MR) is 45.6 cm³/mol. The van der Waals surface area contributed by atoms with Crippen molar-refractivity contribution in [2.24, 2.45) is 0 Å². The van der Waals surface area contributed by atoms with E-state index in [1.165, 1.54) is 6.08 Å². The Kier molecular flexibility index (Phi) is 7.35. The minimum Gasteiger partial charge on any atom is -0.460 e. The molecule has 0 radical (unpaired) electrons. The number of carbonyl (C=O) groups is 1. The van der Waals surface area contributed by atoms with Crippen molar-refractivity contribution in [2.45, 2.75) is 19.8 Å². The van der Waals surface area contributed by atoms with Gasteiger partial charge in [-0.2, -0.15) is 0 Å². The van der Waals surface area contributed by atoms with E-state index >= 15 is 0 Å². The smallest absolute Gasteiger partial charge is 0.338 e. The van der Waals surface area contributed by atoms with E-state index in [9.17, 15) is 4.79 Å². The first kappa shape index (κ1) is 11.0. The van der Waals surface area contributed by atoms with Crippen molar-refractivity contribution in [3.05, 3.63) is 17.9 Å². The zero-order chi connectivity index (χ0) is 9.23. The van der Waals surface area contributed by atoms with E-state index in [-0.39, 0.29) is 13.2 Å². The molecule has 0 spiro atoms. The van der Waals surface area contributed by atoms with Crippen LogP contribution in [-0.2, 0) is 9.53 Å². The summed E-state index contributed by atoms with van der Waals surface area (Å²) >= 11 is 0. The molecule has 0 heterocycles. The van der Waals surface area contributed by atoms with Crippen LogP contribution >= 0.6 is 0 Å². The van der Waals surface area contributed by atoms with Gasteiger partial charge < -0.3 is 9.84 Å². The van der Waals surface area contributed by atoms with Crippen molar-refractivity contribution in [3.8, 4) is 0 Å². The minimum absolute atomic E-state index is 0.0464. The number of esters is 1. The maximum Gasteiger partial charge on any atom is 0.338 e. The van der Waals surface area contributed by atoms with Gasteiger partial charge in [-0.1, -0.05) is 13.3 Å². The second-order valence-electron chi connectivity index (χ2n) is 2.19. The Morgan fingerprint density at radius 1 is 1.67 bits per heavy atom. The number of rotatable bonds is 5. The number of aliphatic hydroxyl groups is 1. The number of hydrogen-bond donors (Lipinski definition) is 1. The van der Waals surface area contributed by atoms with Gasteiger partial charge in [-0.3, -0.25) is 0 Å². The van der Waals surface area contributed by atoms with E-state index in [0.29, 0.717) is 0 Å². The van der Waals surface area contributed by atoms with Crippen LogP contribution in [0.5, 0.6) is 0 Å². The van der Waals surface area contributed by atoms with Gasteiger partial charge in [-0.15, -0.1) is 5.73 Å². The fourth-order valence-electron chi connectivity index (χ4n) is 0.543. The Bertz CT molecular complexity index is 178. The first-order valence-electron chi connectivity index (χ1n) is 3.99. The van der Waals surface area contributed by atoms with Crippen molar-refractivity contribution >= 4 is 5.97 Å². The molecule has 3 nitrogen and oxygen atoms in total. The van der Waals surface area contributed by atoms with Gasteiger partial charge in [0.05, 0.1) is 12.7 Å². The Labute approximate surface area is 72.3 Å². The first-order valence-corrected chi connectivity index (χ1v) is 3.99.